The zero-order valence-corrected chi connectivity index (χ0v) is 28.8. The molecule has 1 aliphatic carbocycles. The Labute approximate surface area is 280 Å². The standard InChI is InChI=1S/C42H48ClNO2/c1-6-7-40(45)34-10-8-29(9-11-34)27-39(33-14-12-30(13-15-33)31-16-20-35(21-17-31)42(3,4)5)41(46)44-37-23-18-32(19-24-37)38-25-22-36(43)26-28(38)2/h8-15,18-19,22-26,31,35,39H,6-7,16-17,20-21,27H2,1-5H3,(H,44,46)/t31?,35?,39-/m0/s1. The number of hydrogen-bond acceptors (Lipinski definition) is 2. The molecule has 240 valence electrons. The Balaban J connectivity index is 1.35. The van der Waals surface area contributed by atoms with Gasteiger partial charge in [0.2, 0.25) is 5.91 Å². The van der Waals surface area contributed by atoms with E-state index in [4.69, 9.17) is 11.6 Å². The number of nitrogens with one attached hydrogen (secondary N) is 1. The van der Waals surface area contributed by atoms with Gasteiger partial charge in [0.25, 0.3) is 0 Å². The number of Topliss-reactive ketones (excluding diaryl/α,β-unsaturated/α-hetero) is 1. The number of aryl methyl sites for hydroxylation is 1. The fourth-order valence-electron chi connectivity index (χ4n) is 7.00. The molecule has 4 aromatic carbocycles. The average molecular weight is 634 g/mol. The Bertz CT molecular complexity index is 1620. The molecule has 1 atom stereocenters. The summed E-state index contributed by atoms with van der Waals surface area (Å²) in [7, 11) is 0. The van der Waals surface area contributed by atoms with Crippen molar-refractivity contribution >= 4 is 29.0 Å². The van der Waals surface area contributed by atoms with Crippen LogP contribution in [0.15, 0.2) is 91.0 Å². The van der Waals surface area contributed by atoms with E-state index < -0.39 is 0 Å². The minimum absolute atomic E-state index is 0.0417. The van der Waals surface area contributed by atoms with E-state index in [2.05, 4.69) is 57.3 Å². The minimum Gasteiger partial charge on any atom is -0.326 e. The van der Waals surface area contributed by atoms with Crippen LogP contribution < -0.4 is 5.32 Å². The third-order valence-electron chi connectivity index (χ3n) is 9.92. The van der Waals surface area contributed by atoms with Gasteiger partial charge in [0, 0.05) is 22.7 Å². The van der Waals surface area contributed by atoms with Crippen molar-refractivity contribution in [2.45, 2.75) is 91.4 Å². The molecule has 0 spiro atoms. The van der Waals surface area contributed by atoms with Gasteiger partial charge < -0.3 is 5.32 Å². The molecule has 3 nitrogen and oxygen atoms in total. The lowest BCUT2D eigenvalue weighted by Gasteiger charge is -2.37. The summed E-state index contributed by atoms with van der Waals surface area (Å²) >= 11 is 6.16. The number of ketones is 1. The summed E-state index contributed by atoms with van der Waals surface area (Å²) in [5.41, 5.74) is 8.58. The quantitative estimate of drug-likeness (QED) is 0.177. The highest BCUT2D eigenvalue weighted by atomic mass is 35.5. The van der Waals surface area contributed by atoms with Crippen LogP contribution >= 0.6 is 11.6 Å². The van der Waals surface area contributed by atoms with Crippen molar-refractivity contribution in [3.63, 3.8) is 0 Å². The summed E-state index contributed by atoms with van der Waals surface area (Å²) in [6, 6.07) is 30.5. The molecule has 0 unspecified atom stereocenters. The molecule has 1 fully saturated rings. The van der Waals surface area contributed by atoms with Gasteiger partial charge in [0.05, 0.1) is 5.92 Å². The second kappa shape index (κ2) is 14.8. The Morgan fingerprint density at radius 1 is 0.848 bits per heavy atom. The van der Waals surface area contributed by atoms with E-state index in [1.165, 1.54) is 31.2 Å². The Kier molecular flexibility index (Phi) is 10.8. The lowest BCUT2D eigenvalue weighted by Crippen LogP contribution is -2.25. The van der Waals surface area contributed by atoms with Crippen LogP contribution in [0.25, 0.3) is 11.1 Å². The van der Waals surface area contributed by atoms with Crippen molar-refractivity contribution in [3.8, 4) is 11.1 Å². The first-order chi connectivity index (χ1) is 22.0. The van der Waals surface area contributed by atoms with Gasteiger partial charge in [-0.15, -0.1) is 0 Å². The van der Waals surface area contributed by atoms with Crippen molar-refractivity contribution in [2.75, 3.05) is 5.32 Å². The van der Waals surface area contributed by atoms with Crippen LogP contribution in [-0.2, 0) is 11.2 Å². The molecule has 1 N–H and O–H groups in total. The number of benzene rings is 4. The molecular weight excluding hydrogens is 586 g/mol. The maximum absolute atomic E-state index is 14.0. The van der Waals surface area contributed by atoms with Crippen LogP contribution in [-0.4, -0.2) is 11.7 Å². The molecule has 5 rings (SSSR count). The van der Waals surface area contributed by atoms with Gasteiger partial charge >= 0.3 is 0 Å². The van der Waals surface area contributed by atoms with Crippen LogP contribution in [0.2, 0.25) is 5.02 Å². The molecule has 1 aliphatic rings. The smallest absolute Gasteiger partial charge is 0.232 e. The van der Waals surface area contributed by atoms with Crippen LogP contribution in [0.5, 0.6) is 0 Å². The highest BCUT2D eigenvalue weighted by Crippen LogP contribution is 2.43. The highest BCUT2D eigenvalue weighted by Gasteiger charge is 2.30. The molecular formula is C42H48ClNO2. The summed E-state index contributed by atoms with van der Waals surface area (Å²) in [4.78, 5) is 26.4. The third kappa shape index (κ3) is 8.36. The van der Waals surface area contributed by atoms with Gasteiger partial charge in [-0.3, -0.25) is 9.59 Å². The molecule has 0 aliphatic heterocycles. The van der Waals surface area contributed by atoms with Crippen molar-refractivity contribution in [3.05, 3.63) is 124 Å². The topological polar surface area (TPSA) is 46.2 Å². The monoisotopic (exact) mass is 633 g/mol. The fourth-order valence-corrected chi connectivity index (χ4v) is 7.23. The number of rotatable bonds is 10. The lowest BCUT2D eigenvalue weighted by molar-refractivity contribution is -0.117. The van der Waals surface area contributed by atoms with Gasteiger partial charge in [-0.25, -0.2) is 0 Å². The summed E-state index contributed by atoms with van der Waals surface area (Å²) in [5.74, 6) is 1.11. The number of anilines is 1. The van der Waals surface area contributed by atoms with E-state index in [-0.39, 0.29) is 17.6 Å². The van der Waals surface area contributed by atoms with E-state index in [0.29, 0.717) is 24.2 Å². The normalized spacial score (nSPS) is 17.3. The summed E-state index contributed by atoms with van der Waals surface area (Å²) in [5, 5.41) is 3.91. The molecule has 4 aromatic rings. The number of carbonyl (C=O) groups is 2. The van der Waals surface area contributed by atoms with E-state index in [0.717, 1.165) is 56.4 Å². The van der Waals surface area contributed by atoms with Crippen LogP contribution in [0, 0.1) is 18.3 Å². The Hall–Kier alpha value is -3.69. The van der Waals surface area contributed by atoms with Gasteiger partial charge in [-0.2, -0.15) is 0 Å². The maximum atomic E-state index is 14.0. The van der Waals surface area contributed by atoms with E-state index in [1.807, 2.05) is 73.7 Å². The van der Waals surface area contributed by atoms with Crippen molar-refractivity contribution in [1.29, 1.82) is 0 Å². The minimum atomic E-state index is -0.374. The molecule has 4 heteroatoms. The second-order valence-electron chi connectivity index (χ2n) is 14.2. The largest absolute Gasteiger partial charge is 0.326 e. The van der Waals surface area contributed by atoms with E-state index in [1.54, 1.807) is 0 Å². The molecule has 46 heavy (non-hydrogen) atoms. The van der Waals surface area contributed by atoms with Gasteiger partial charge in [0.15, 0.2) is 5.78 Å². The SMILES string of the molecule is CCCC(=O)c1ccc(C[C@H](C(=O)Nc2ccc(-c3ccc(Cl)cc3C)cc2)c2ccc(C3CCC(C(C)(C)C)CC3)cc2)cc1. The van der Waals surface area contributed by atoms with Gasteiger partial charge in [0.1, 0.15) is 0 Å². The Morgan fingerprint density at radius 2 is 1.50 bits per heavy atom. The van der Waals surface area contributed by atoms with Crippen LogP contribution in [0.4, 0.5) is 5.69 Å². The predicted molar refractivity (Wildman–Crippen MR) is 193 cm³/mol. The molecule has 0 aromatic heterocycles. The molecule has 0 radical (unpaired) electrons. The van der Waals surface area contributed by atoms with E-state index >= 15 is 0 Å². The molecule has 0 heterocycles. The summed E-state index contributed by atoms with van der Waals surface area (Å²) < 4.78 is 0. The zero-order valence-electron chi connectivity index (χ0n) is 28.0. The highest BCUT2D eigenvalue weighted by molar-refractivity contribution is 6.30. The van der Waals surface area contributed by atoms with Crippen LogP contribution in [0.1, 0.15) is 111 Å². The van der Waals surface area contributed by atoms with Crippen molar-refractivity contribution in [2.24, 2.45) is 11.3 Å². The first-order valence-corrected chi connectivity index (χ1v) is 17.3. The van der Waals surface area contributed by atoms with Crippen molar-refractivity contribution < 1.29 is 9.59 Å². The first kappa shape index (κ1) is 33.7. The zero-order chi connectivity index (χ0) is 32.8. The molecule has 0 bridgehead atoms. The summed E-state index contributed by atoms with van der Waals surface area (Å²) in [6.45, 7) is 11.2. The molecule has 1 amide bonds. The summed E-state index contributed by atoms with van der Waals surface area (Å²) in [6.07, 6.45) is 6.91. The predicted octanol–water partition coefficient (Wildman–Crippen LogP) is 11.6. The van der Waals surface area contributed by atoms with Gasteiger partial charge in [-0.1, -0.05) is 106 Å². The third-order valence-corrected chi connectivity index (χ3v) is 10.2. The number of carbonyl (C=O) groups excluding carboxylic acids is 2. The van der Waals surface area contributed by atoms with E-state index in [9.17, 15) is 9.59 Å². The molecule has 1 saturated carbocycles. The second-order valence-corrected chi connectivity index (χ2v) is 14.7. The van der Waals surface area contributed by atoms with Gasteiger partial charge in [-0.05, 0) is 120 Å². The maximum Gasteiger partial charge on any atom is 0.232 e. The number of amides is 1. The molecule has 0 saturated heterocycles. The fraction of sp³-hybridized carbons (Fsp3) is 0.381. The van der Waals surface area contributed by atoms with Crippen molar-refractivity contribution in [1.82, 2.24) is 0 Å². The Morgan fingerprint density at radius 3 is 2.09 bits per heavy atom. The first-order valence-electron chi connectivity index (χ1n) is 16.9. The number of hydrogen-bond donors (Lipinski definition) is 1. The average Bonchev–Trinajstić information content (AvgIpc) is 3.04. The number of halogens is 1. The van der Waals surface area contributed by atoms with Crippen LogP contribution in [0.3, 0.4) is 0 Å². The lowest BCUT2D eigenvalue weighted by atomic mass is 9.68.